The van der Waals surface area contributed by atoms with Crippen LogP contribution in [0.1, 0.15) is 19.4 Å². The molecule has 0 aliphatic heterocycles. The van der Waals surface area contributed by atoms with Crippen molar-refractivity contribution in [2.24, 2.45) is 0 Å². The average molecular weight is 492 g/mol. The molecule has 2 heterocycles. The summed E-state index contributed by atoms with van der Waals surface area (Å²) in [5.41, 5.74) is 7.95. The number of nitrogens with zero attached hydrogens (tertiary/aromatic N) is 3. The van der Waals surface area contributed by atoms with Crippen LogP contribution >= 0.6 is 0 Å². The van der Waals surface area contributed by atoms with Crippen molar-refractivity contribution < 1.29 is 0 Å². The van der Waals surface area contributed by atoms with E-state index in [1.54, 1.807) is 0 Å². The molecule has 0 bridgehead atoms. The van der Waals surface area contributed by atoms with Crippen LogP contribution in [0.2, 0.25) is 0 Å². The number of aromatic nitrogens is 3. The van der Waals surface area contributed by atoms with Crippen LogP contribution in [0.25, 0.3) is 60.8 Å². The molecule has 0 saturated heterocycles. The number of hydrogen-bond acceptors (Lipinski definition) is 2. The van der Waals surface area contributed by atoms with E-state index in [0.717, 1.165) is 28.0 Å². The van der Waals surface area contributed by atoms with Crippen molar-refractivity contribution in [3.05, 3.63) is 127 Å². The van der Waals surface area contributed by atoms with E-state index >= 15 is 0 Å². The summed E-state index contributed by atoms with van der Waals surface area (Å²) in [6, 6.07) is 40.8. The zero-order valence-electron chi connectivity index (χ0n) is 21.9. The molecule has 7 rings (SSSR count). The van der Waals surface area contributed by atoms with Gasteiger partial charge in [0.15, 0.2) is 11.5 Å². The molecule has 0 radical (unpaired) electrons. The molecular weight excluding hydrogens is 462 g/mol. The summed E-state index contributed by atoms with van der Waals surface area (Å²) < 4.78 is 2.13. The molecule has 0 atom stereocenters. The van der Waals surface area contributed by atoms with Gasteiger partial charge in [0.25, 0.3) is 0 Å². The first-order valence-electron chi connectivity index (χ1n) is 13.2. The maximum atomic E-state index is 4.58. The summed E-state index contributed by atoms with van der Waals surface area (Å²) in [6.45, 7) is 6.10. The second kappa shape index (κ2) is 9.95. The van der Waals surface area contributed by atoms with Crippen molar-refractivity contribution in [1.29, 1.82) is 0 Å². The number of aryl methyl sites for hydroxylation is 1. The Bertz CT molecular complexity index is 1870. The van der Waals surface area contributed by atoms with Gasteiger partial charge in [-0.05, 0) is 39.8 Å². The zero-order valence-corrected chi connectivity index (χ0v) is 21.9. The first-order chi connectivity index (χ1) is 18.8. The summed E-state index contributed by atoms with van der Waals surface area (Å²) in [7, 11) is 0. The Morgan fingerprint density at radius 2 is 1.08 bits per heavy atom. The lowest BCUT2D eigenvalue weighted by Crippen LogP contribution is -1.94. The predicted molar refractivity (Wildman–Crippen MR) is 160 cm³/mol. The van der Waals surface area contributed by atoms with Crippen LogP contribution < -0.4 is 0 Å². The second-order valence-electron chi connectivity index (χ2n) is 9.28. The third kappa shape index (κ3) is 4.03. The lowest BCUT2D eigenvalue weighted by molar-refractivity contribution is 1.11. The third-order valence-electron chi connectivity index (χ3n) is 7.02. The van der Waals surface area contributed by atoms with Crippen LogP contribution in [0, 0.1) is 6.92 Å². The number of fused-ring (bicyclic) bond motifs is 4. The van der Waals surface area contributed by atoms with Crippen molar-refractivity contribution in [2.75, 3.05) is 0 Å². The Morgan fingerprint density at radius 3 is 1.82 bits per heavy atom. The molecule has 0 aliphatic carbocycles. The van der Waals surface area contributed by atoms with Crippen LogP contribution in [-0.2, 0) is 0 Å². The molecule has 7 aromatic rings. The van der Waals surface area contributed by atoms with Gasteiger partial charge < -0.3 is 0 Å². The minimum atomic E-state index is 0.851. The van der Waals surface area contributed by atoms with Crippen LogP contribution in [0.15, 0.2) is 121 Å². The molecule has 0 N–H and O–H groups in total. The van der Waals surface area contributed by atoms with E-state index in [9.17, 15) is 0 Å². The largest absolute Gasteiger partial charge is 0.281 e. The molecule has 3 heteroatoms. The second-order valence-corrected chi connectivity index (χ2v) is 9.28. The Labute approximate surface area is 223 Å². The van der Waals surface area contributed by atoms with Gasteiger partial charge in [0.2, 0.25) is 0 Å². The van der Waals surface area contributed by atoms with E-state index in [1.165, 1.54) is 38.4 Å². The van der Waals surface area contributed by atoms with Gasteiger partial charge in [-0.15, -0.1) is 10.2 Å². The third-order valence-corrected chi connectivity index (χ3v) is 7.02. The minimum Gasteiger partial charge on any atom is -0.281 e. The summed E-state index contributed by atoms with van der Waals surface area (Å²) >= 11 is 0. The van der Waals surface area contributed by atoms with Crippen molar-refractivity contribution in [3.8, 4) is 33.6 Å². The molecule has 2 aromatic heterocycles. The van der Waals surface area contributed by atoms with Crippen LogP contribution in [-0.4, -0.2) is 14.6 Å². The van der Waals surface area contributed by atoms with Crippen LogP contribution in [0.5, 0.6) is 0 Å². The van der Waals surface area contributed by atoms with E-state index in [4.69, 9.17) is 0 Å². The quantitative estimate of drug-likeness (QED) is 0.246. The molecule has 3 nitrogen and oxygen atoms in total. The van der Waals surface area contributed by atoms with Crippen molar-refractivity contribution in [1.82, 2.24) is 14.6 Å². The van der Waals surface area contributed by atoms with Gasteiger partial charge in [-0.25, -0.2) is 0 Å². The maximum Gasteiger partial charge on any atom is 0.169 e. The van der Waals surface area contributed by atoms with Gasteiger partial charge in [0, 0.05) is 22.7 Å². The van der Waals surface area contributed by atoms with Gasteiger partial charge in [0.05, 0.1) is 0 Å². The van der Waals surface area contributed by atoms with Crippen LogP contribution in [0.3, 0.4) is 0 Å². The molecule has 0 amide bonds. The number of benzene rings is 5. The van der Waals surface area contributed by atoms with Crippen molar-refractivity contribution in [3.63, 3.8) is 0 Å². The Kier molecular flexibility index (Phi) is 6.19. The zero-order chi connectivity index (χ0) is 26.1. The molecular formula is C35H29N3. The van der Waals surface area contributed by atoms with Gasteiger partial charge in [-0.3, -0.25) is 4.40 Å². The predicted octanol–water partition coefficient (Wildman–Crippen LogP) is 9.37. The molecule has 5 aromatic carbocycles. The Morgan fingerprint density at radius 1 is 0.500 bits per heavy atom. The van der Waals surface area contributed by atoms with Crippen molar-refractivity contribution in [2.45, 2.75) is 20.8 Å². The highest BCUT2D eigenvalue weighted by molar-refractivity contribution is 6.04. The van der Waals surface area contributed by atoms with Gasteiger partial charge in [0.1, 0.15) is 0 Å². The smallest absolute Gasteiger partial charge is 0.169 e. The highest BCUT2D eigenvalue weighted by Crippen LogP contribution is 2.35. The number of pyridine rings is 1. The number of rotatable bonds is 3. The molecule has 0 fully saturated rings. The molecule has 0 saturated carbocycles. The SMILES string of the molecule is CC.Cc1ccc(-c2nnc3c4ccccc4c(-c4ccc(-c5cccc6ccccc56)cc4)cn23)cc1. The Balaban J connectivity index is 0.00000129. The fourth-order valence-corrected chi connectivity index (χ4v) is 5.14. The fourth-order valence-electron chi connectivity index (χ4n) is 5.14. The monoisotopic (exact) mass is 491 g/mol. The average Bonchev–Trinajstić information content (AvgIpc) is 3.42. The standard InChI is InChI=1S/C33H23N3.C2H6/c1-22-13-15-26(16-14-22)32-34-35-33-30-11-5-4-10-29(30)31(21-36(32)33)25-19-17-24(18-20-25)28-12-6-8-23-7-2-3-9-27(23)28;1-2/h2-21H,1H3;1-2H3. The van der Waals surface area contributed by atoms with E-state index in [-0.39, 0.29) is 0 Å². The van der Waals surface area contributed by atoms with Gasteiger partial charge >= 0.3 is 0 Å². The van der Waals surface area contributed by atoms with Crippen molar-refractivity contribution >= 4 is 27.2 Å². The van der Waals surface area contributed by atoms with E-state index < -0.39 is 0 Å². The van der Waals surface area contributed by atoms with E-state index in [1.807, 2.05) is 13.8 Å². The topological polar surface area (TPSA) is 30.2 Å². The van der Waals surface area contributed by atoms with Gasteiger partial charge in [-0.2, -0.15) is 0 Å². The summed E-state index contributed by atoms with van der Waals surface area (Å²) in [5, 5.41) is 13.9. The van der Waals surface area contributed by atoms with E-state index in [0.29, 0.717) is 0 Å². The highest BCUT2D eigenvalue weighted by atomic mass is 15.2. The first-order valence-corrected chi connectivity index (χ1v) is 13.2. The lowest BCUT2D eigenvalue weighted by atomic mass is 9.95. The van der Waals surface area contributed by atoms with E-state index in [2.05, 4.69) is 143 Å². The lowest BCUT2D eigenvalue weighted by Gasteiger charge is -2.12. The molecule has 0 aliphatic rings. The molecule has 184 valence electrons. The molecule has 0 spiro atoms. The maximum absolute atomic E-state index is 4.58. The number of hydrogen-bond donors (Lipinski definition) is 0. The molecule has 0 unspecified atom stereocenters. The molecule has 38 heavy (non-hydrogen) atoms. The fraction of sp³-hybridized carbons (Fsp3) is 0.0857. The Hall–Kier alpha value is -4.76. The minimum absolute atomic E-state index is 0.851. The normalized spacial score (nSPS) is 11.0. The van der Waals surface area contributed by atoms with Gasteiger partial charge in [-0.1, -0.05) is 135 Å². The first kappa shape index (κ1) is 23.6. The summed E-state index contributed by atoms with van der Waals surface area (Å²) in [5.74, 6) is 0.851. The van der Waals surface area contributed by atoms with Crippen LogP contribution in [0.4, 0.5) is 0 Å². The summed E-state index contributed by atoms with van der Waals surface area (Å²) in [6.07, 6.45) is 2.18. The summed E-state index contributed by atoms with van der Waals surface area (Å²) in [4.78, 5) is 0. The highest BCUT2D eigenvalue weighted by Gasteiger charge is 2.15.